The van der Waals surface area contributed by atoms with E-state index in [9.17, 15) is 0 Å². The quantitative estimate of drug-likeness (QED) is 0.745. The maximum atomic E-state index is 5.79. The fourth-order valence-electron chi connectivity index (χ4n) is 2.26. The molecule has 0 saturated heterocycles. The molecule has 1 aromatic heterocycles. The Bertz CT molecular complexity index is 492. The van der Waals surface area contributed by atoms with E-state index in [0.29, 0.717) is 6.04 Å². The van der Waals surface area contributed by atoms with E-state index in [-0.39, 0.29) is 0 Å². The third kappa shape index (κ3) is 5.90. The van der Waals surface area contributed by atoms with Crippen LogP contribution < -0.4 is 10.1 Å². The number of hydrogen-bond donors (Lipinski definition) is 1. The highest BCUT2D eigenvalue weighted by molar-refractivity contribution is 7.07. The third-order valence-corrected chi connectivity index (χ3v) is 4.18. The van der Waals surface area contributed by atoms with Crippen molar-refractivity contribution in [1.29, 1.82) is 0 Å². The van der Waals surface area contributed by atoms with Crippen molar-refractivity contribution in [3.8, 4) is 5.75 Å². The molecule has 0 radical (unpaired) electrons. The molecule has 0 aliphatic rings. The summed E-state index contributed by atoms with van der Waals surface area (Å²) < 4.78 is 5.79. The van der Waals surface area contributed by atoms with E-state index in [1.54, 1.807) is 11.3 Å². The number of thiophene rings is 1. The third-order valence-electron chi connectivity index (χ3n) is 3.45. The van der Waals surface area contributed by atoms with Gasteiger partial charge >= 0.3 is 0 Å². The van der Waals surface area contributed by atoms with E-state index < -0.39 is 0 Å². The van der Waals surface area contributed by atoms with E-state index in [0.717, 1.165) is 31.7 Å². The highest BCUT2D eigenvalue weighted by Crippen LogP contribution is 2.14. The lowest BCUT2D eigenvalue weighted by atomic mass is 10.1. The molecule has 1 aromatic carbocycles. The van der Waals surface area contributed by atoms with Crippen molar-refractivity contribution >= 4 is 11.3 Å². The van der Waals surface area contributed by atoms with Crippen molar-refractivity contribution in [2.75, 3.05) is 13.2 Å². The van der Waals surface area contributed by atoms with Gasteiger partial charge in [-0.2, -0.15) is 11.3 Å². The SMILES string of the molecule is CCCNC(C)Cc1ccc(OCCc2ccsc2)cc1. The Morgan fingerprint density at radius 3 is 2.62 bits per heavy atom. The first-order valence-corrected chi connectivity index (χ1v) is 8.68. The Balaban J connectivity index is 1.73. The van der Waals surface area contributed by atoms with Crippen LogP contribution in [0.1, 0.15) is 31.4 Å². The summed E-state index contributed by atoms with van der Waals surface area (Å²) in [6.45, 7) is 6.26. The fourth-order valence-corrected chi connectivity index (χ4v) is 2.96. The Hall–Kier alpha value is -1.32. The number of ether oxygens (including phenoxy) is 1. The molecule has 0 aliphatic carbocycles. The van der Waals surface area contributed by atoms with Crippen LogP contribution in [0.4, 0.5) is 0 Å². The molecule has 1 heterocycles. The van der Waals surface area contributed by atoms with Crippen LogP contribution in [0.3, 0.4) is 0 Å². The van der Waals surface area contributed by atoms with E-state index >= 15 is 0 Å². The summed E-state index contributed by atoms with van der Waals surface area (Å²) in [5.41, 5.74) is 2.71. The molecule has 0 amide bonds. The molecule has 3 heteroatoms. The van der Waals surface area contributed by atoms with Gasteiger partial charge in [0, 0.05) is 12.5 Å². The molecule has 0 spiro atoms. The van der Waals surface area contributed by atoms with E-state index in [4.69, 9.17) is 4.74 Å². The lowest BCUT2D eigenvalue weighted by Gasteiger charge is -2.13. The Morgan fingerprint density at radius 1 is 1.14 bits per heavy atom. The Kier molecular flexibility index (Phi) is 6.77. The highest BCUT2D eigenvalue weighted by Gasteiger charge is 2.03. The molecule has 1 N–H and O–H groups in total. The zero-order valence-corrected chi connectivity index (χ0v) is 13.8. The van der Waals surface area contributed by atoms with Gasteiger partial charge in [-0.25, -0.2) is 0 Å². The second-order valence-electron chi connectivity index (χ2n) is 5.43. The number of rotatable bonds is 9. The summed E-state index contributed by atoms with van der Waals surface area (Å²) in [7, 11) is 0. The summed E-state index contributed by atoms with van der Waals surface area (Å²) in [6, 6.07) is 11.2. The predicted octanol–water partition coefficient (Wildman–Crippen LogP) is 4.30. The van der Waals surface area contributed by atoms with Crippen LogP contribution in [-0.2, 0) is 12.8 Å². The van der Waals surface area contributed by atoms with E-state index in [1.165, 1.54) is 17.5 Å². The summed E-state index contributed by atoms with van der Waals surface area (Å²) in [5, 5.41) is 7.80. The molecular weight excluding hydrogens is 278 g/mol. The minimum atomic E-state index is 0.523. The van der Waals surface area contributed by atoms with Gasteiger partial charge < -0.3 is 10.1 Å². The minimum Gasteiger partial charge on any atom is -0.493 e. The van der Waals surface area contributed by atoms with Crippen molar-refractivity contribution in [3.05, 3.63) is 52.2 Å². The van der Waals surface area contributed by atoms with Gasteiger partial charge in [-0.05, 0) is 66.4 Å². The second-order valence-corrected chi connectivity index (χ2v) is 6.21. The Morgan fingerprint density at radius 2 is 1.95 bits per heavy atom. The number of nitrogens with one attached hydrogen (secondary N) is 1. The molecule has 0 fully saturated rings. The van der Waals surface area contributed by atoms with E-state index in [2.05, 4.69) is 60.3 Å². The van der Waals surface area contributed by atoms with Crippen LogP contribution in [0.25, 0.3) is 0 Å². The summed E-state index contributed by atoms with van der Waals surface area (Å²) in [4.78, 5) is 0. The molecule has 0 saturated carbocycles. The average Bonchev–Trinajstić information content (AvgIpc) is 3.00. The van der Waals surface area contributed by atoms with Crippen LogP contribution in [-0.4, -0.2) is 19.2 Å². The second kappa shape index (κ2) is 8.85. The minimum absolute atomic E-state index is 0.523. The largest absolute Gasteiger partial charge is 0.493 e. The Labute approximate surface area is 132 Å². The molecular formula is C18H25NOS. The van der Waals surface area contributed by atoms with Gasteiger partial charge in [0.05, 0.1) is 6.61 Å². The zero-order chi connectivity index (χ0) is 14.9. The average molecular weight is 303 g/mol. The number of benzene rings is 1. The van der Waals surface area contributed by atoms with Gasteiger partial charge in [0.15, 0.2) is 0 Å². The first kappa shape index (κ1) is 16.1. The zero-order valence-electron chi connectivity index (χ0n) is 13.0. The lowest BCUT2D eigenvalue weighted by molar-refractivity contribution is 0.322. The van der Waals surface area contributed by atoms with Crippen LogP contribution >= 0.6 is 11.3 Å². The van der Waals surface area contributed by atoms with Crippen LogP contribution in [0.5, 0.6) is 5.75 Å². The molecule has 114 valence electrons. The van der Waals surface area contributed by atoms with Crippen molar-refractivity contribution in [3.63, 3.8) is 0 Å². The molecule has 1 atom stereocenters. The summed E-state index contributed by atoms with van der Waals surface area (Å²) in [6.07, 6.45) is 3.22. The van der Waals surface area contributed by atoms with Crippen molar-refractivity contribution in [2.45, 2.75) is 39.2 Å². The van der Waals surface area contributed by atoms with Crippen molar-refractivity contribution < 1.29 is 4.74 Å². The summed E-state index contributed by atoms with van der Waals surface area (Å²) in [5.74, 6) is 0.961. The maximum Gasteiger partial charge on any atom is 0.119 e. The van der Waals surface area contributed by atoms with Crippen molar-refractivity contribution in [2.24, 2.45) is 0 Å². The molecule has 2 nitrogen and oxygen atoms in total. The molecule has 2 rings (SSSR count). The van der Waals surface area contributed by atoms with Crippen molar-refractivity contribution in [1.82, 2.24) is 5.32 Å². The van der Waals surface area contributed by atoms with Gasteiger partial charge in [0.25, 0.3) is 0 Å². The molecule has 2 aromatic rings. The smallest absolute Gasteiger partial charge is 0.119 e. The molecule has 0 bridgehead atoms. The predicted molar refractivity (Wildman–Crippen MR) is 91.4 cm³/mol. The number of hydrogen-bond acceptors (Lipinski definition) is 3. The molecule has 21 heavy (non-hydrogen) atoms. The van der Waals surface area contributed by atoms with Crippen LogP contribution in [0, 0.1) is 0 Å². The highest BCUT2D eigenvalue weighted by atomic mass is 32.1. The van der Waals surface area contributed by atoms with E-state index in [1.807, 2.05) is 0 Å². The first-order valence-electron chi connectivity index (χ1n) is 7.74. The molecule has 1 unspecified atom stereocenters. The lowest BCUT2D eigenvalue weighted by Crippen LogP contribution is -2.28. The van der Waals surface area contributed by atoms with Gasteiger partial charge in [-0.15, -0.1) is 0 Å². The molecule has 0 aliphatic heterocycles. The standard InChI is InChI=1S/C18H25NOS/c1-3-10-19-15(2)13-16-4-6-18(7-5-16)20-11-8-17-9-12-21-14-17/h4-7,9,12,14-15,19H,3,8,10-11,13H2,1-2H3. The fraction of sp³-hybridized carbons (Fsp3) is 0.444. The normalized spacial score (nSPS) is 12.3. The monoisotopic (exact) mass is 303 g/mol. The van der Waals surface area contributed by atoms with Crippen LogP contribution in [0.2, 0.25) is 0 Å². The summed E-state index contributed by atoms with van der Waals surface area (Å²) >= 11 is 1.74. The van der Waals surface area contributed by atoms with Gasteiger partial charge in [0.2, 0.25) is 0 Å². The van der Waals surface area contributed by atoms with Gasteiger partial charge in [-0.3, -0.25) is 0 Å². The topological polar surface area (TPSA) is 21.3 Å². The van der Waals surface area contributed by atoms with Crippen LogP contribution in [0.15, 0.2) is 41.1 Å². The van der Waals surface area contributed by atoms with Gasteiger partial charge in [0.1, 0.15) is 5.75 Å². The van der Waals surface area contributed by atoms with Gasteiger partial charge in [-0.1, -0.05) is 19.1 Å². The first-order chi connectivity index (χ1) is 10.3. The maximum absolute atomic E-state index is 5.79.